The summed E-state index contributed by atoms with van der Waals surface area (Å²) in [5.74, 6) is 1.50. The van der Waals surface area contributed by atoms with Gasteiger partial charge >= 0.3 is 0 Å². The van der Waals surface area contributed by atoms with Gasteiger partial charge in [0, 0.05) is 19.1 Å². The fraction of sp³-hybridized carbons (Fsp3) is 1.00. The van der Waals surface area contributed by atoms with Crippen LogP contribution in [-0.4, -0.2) is 35.2 Å². The lowest BCUT2D eigenvalue weighted by Crippen LogP contribution is -2.41. The predicted octanol–water partition coefficient (Wildman–Crippen LogP) is 2.66. The molecule has 94 valence electrons. The second kappa shape index (κ2) is 5.50. The summed E-state index contributed by atoms with van der Waals surface area (Å²) >= 11 is 0. The van der Waals surface area contributed by atoms with Crippen molar-refractivity contribution in [2.75, 3.05) is 13.1 Å². The first-order valence-corrected chi connectivity index (χ1v) is 7.09. The van der Waals surface area contributed by atoms with Crippen LogP contribution in [0.4, 0.5) is 0 Å². The van der Waals surface area contributed by atoms with E-state index in [0.717, 1.165) is 18.9 Å². The van der Waals surface area contributed by atoms with Gasteiger partial charge in [0.25, 0.3) is 0 Å². The van der Waals surface area contributed by atoms with Crippen molar-refractivity contribution in [2.24, 2.45) is 11.8 Å². The molecule has 16 heavy (non-hydrogen) atoms. The molecule has 1 N–H and O–H groups in total. The Morgan fingerprint density at radius 1 is 1.06 bits per heavy atom. The van der Waals surface area contributed by atoms with Crippen LogP contribution in [-0.2, 0) is 0 Å². The Labute approximate surface area is 100 Å². The topological polar surface area (TPSA) is 23.5 Å². The van der Waals surface area contributed by atoms with E-state index >= 15 is 0 Å². The van der Waals surface area contributed by atoms with E-state index < -0.39 is 0 Å². The van der Waals surface area contributed by atoms with Crippen molar-refractivity contribution in [2.45, 2.75) is 64.5 Å². The highest BCUT2D eigenvalue weighted by Gasteiger charge is 2.29. The van der Waals surface area contributed by atoms with Crippen molar-refractivity contribution in [1.29, 1.82) is 0 Å². The van der Waals surface area contributed by atoms with Crippen molar-refractivity contribution in [3.63, 3.8) is 0 Å². The van der Waals surface area contributed by atoms with Crippen LogP contribution < -0.4 is 0 Å². The molecule has 2 aliphatic carbocycles. The second-order valence-electron chi connectivity index (χ2n) is 6.10. The maximum absolute atomic E-state index is 10.0. The predicted molar refractivity (Wildman–Crippen MR) is 67.4 cm³/mol. The third kappa shape index (κ3) is 3.46. The summed E-state index contributed by atoms with van der Waals surface area (Å²) in [6.07, 6.45) is 7.62. The zero-order valence-corrected chi connectivity index (χ0v) is 10.9. The van der Waals surface area contributed by atoms with Gasteiger partial charge in [-0.3, -0.25) is 0 Å². The van der Waals surface area contributed by atoms with Gasteiger partial charge in [-0.05, 0) is 51.4 Å². The van der Waals surface area contributed by atoms with Crippen LogP contribution in [0.2, 0.25) is 0 Å². The Balaban J connectivity index is 1.82. The number of rotatable bonds is 5. The average Bonchev–Trinajstić information content (AvgIpc) is 3.04. The van der Waals surface area contributed by atoms with Gasteiger partial charge in [0.05, 0.1) is 6.10 Å². The molecule has 0 spiro atoms. The molecule has 0 amide bonds. The molecule has 0 aliphatic heterocycles. The van der Waals surface area contributed by atoms with Crippen LogP contribution in [0.15, 0.2) is 0 Å². The Kier molecular flexibility index (Phi) is 4.26. The molecule has 0 aromatic carbocycles. The minimum absolute atomic E-state index is 0.0331. The summed E-state index contributed by atoms with van der Waals surface area (Å²) in [6, 6.07) is 0.634. The lowest BCUT2D eigenvalue weighted by Gasteiger charge is -2.35. The molecule has 2 rings (SSSR count). The van der Waals surface area contributed by atoms with Gasteiger partial charge < -0.3 is 10.0 Å². The summed E-state index contributed by atoms with van der Waals surface area (Å²) in [5.41, 5.74) is 0. The minimum atomic E-state index is -0.0331. The van der Waals surface area contributed by atoms with E-state index in [-0.39, 0.29) is 6.10 Å². The largest absolute Gasteiger partial charge is 0.393 e. The third-order valence-corrected chi connectivity index (χ3v) is 4.26. The molecule has 2 saturated carbocycles. The highest BCUT2D eigenvalue weighted by atomic mass is 16.3. The molecule has 0 aromatic heterocycles. The van der Waals surface area contributed by atoms with Crippen LogP contribution in [0.5, 0.6) is 0 Å². The zero-order valence-electron chi connectivity index (χ0n) is 10.9. The lowest BCUT2D eigenvalue weighted by molar-refractivity contribution is 0.0384. The summed E-state index contributed by atoms with van der Waals surface area (Å²) in [7, 11) is 0. The average molecular weight is 225 g/mol. The van der Waals surface area contributed by atoms with Crippen molar-refractivity contribution < 1.29 is 5.11 Å². The van der Waals surface area contributed by atoms with E-state index in [1.165, 1.54) is 38.6 Å². The standard InChI is InChI=1S/C14H27NO/c1-11(2)15(9-12-7-8-12)10-13-5-3-4-6-14(13)16/h11-14,16H,3-10H2,1-2H3. The molecule has 0 bridgehead atoms. The molecular formula is C14H27NO. The van der Waals surface area contributed by atoms with Crippen molar-refractivity contribution in [3.8, 4) is 0 Å². The lowest BCUT2D eigenvalue weighted by atomic mass is 9.86. The first-order valence-electron chi connectivity index (χ1n) is 7.09. The van der Waals surface area contributed by atoms with Gasteiger partial charge in [-0.25, -0.2) is 0 Å². The smallest absolute Gasteiger partial charge is 0.0580 e. The van der Waals surface area contributed by atoms with Gasteiger partial charge in [0.15, 0.2) is 0 Å². The Bertz CT molecular complexity index is 213. The van der Waals surface area contributed by atoms with E-state index in [2.05, 4.69) is 18.7 Å². The van der Waals surface area contributed by atoms with Crippen molar-refractivity contribution in [3.05, 3.63) is 0 Å². The Hall–Kier alpha value is -0.0800. The molecular weight excluding hydrogens is 198 g/mol. The first-order chi connectivity index (χ1) is 7.66. The summed E-state index contributed by atoms with van der Waals surface area (Å²) in [6.45, 7) is 6.96. The molecule has 2 heteroatoms. The summed E-state index contributed by atoms with van der Waals surface area (Å²) in [5, 5.41) is 10.0. The number of aliphatic hydroxyl groups excluding tert-OH is 1. The molecule has 2 unspecified atom stereocenters. The maximum Gasteiger partial charge on any atom is 0.0580 e. The third-order valence-electron chi connectivity index (χ3n) is 4.26. The van der Waals surface area contributed by atoms with Crippen LogP contribution in [0.1, 0.15) is 52.4 Å². The van der Waals surface area contributed by atoms with Gasteiger partial charge in [-0.1, -0.05) is 12.8 Å². The van der Waals surface area contributed by atoms with E-state index in [9.17, 15) is 5.11 Å². The molecule has 0 heterocycles. The van der Waals surface area contributed by atoms with Gasteiger partial charge in [0.2, 0.25) is 0 Å². The van der Waals surface area contributed by atoms with Crippen LogP contribution in [0.25, 0.3) is 0 Å². The monoisotopic (exact) mass is 225 g/mol. The van der Waals surface area contributed by atoms with Crippen LogP contribution >= 0.6 is 0 Å². The summed E-state index contributed by atoms with van der Waals surface area (Å²) in [4.78, 5) is 2.59. The SMILES string of the molecule is CC(C)N(CC1CC1)CC1CCCCC1O. The Morgan fingerprint density at radius 2 is 1.75 bits per heavy atom. The summed E-state index contributed by atoms with van der Waals surface area (Å²) < 4.78 is 0. The quantitative estimate of drug-likeness (QED) is 0.777. The number of hydrogen-bond donors (Lipinski definition) is 1. The number of nitrogens with zero attached hydrogens (tertiary/aromatic N) is 1. The fourth-order valence-electron chi connectivity index (χ4n) is 2.83. The second-order valence-corrected chi connectivity index (χ2v) is 6.10. The number of aliphatic hydroxyl groups is 1. The van der Waals surface area contributed by atoms with E-state index in [1.54, 1.807) is 0 Å². The van der Waals surface area contributed by atoms with Gasteiger partial charge in [-0.15, -0.1) is 0 Å². The highest BCUT2D eigenvalue weighted by Crippen LogP contribution is 2.32. The van der Waals surface area contributed by atoms with Gasteiger partial charge in [0.1, 0.15) is 0 Å². The van der Waals surface area contributed by atoms with E-state index in [4.69, 9.17) is 0 Å². The fourth-order valence-corrected chi connectivity index (χ4v) is 2.83. The normalized spacial score (nSPS) is 31.3. The first kappa shape index (κ1) is 12.4. The zero-order chi connectivity index (χ0) is 11.5. The molecule has 2 fully saturated rings. The van der Waals surface area contributed by atoms with E-state index in [1.807, 2.05) is 0 Å². The van der Waals surface area contributed by atoms with E-state index in [0.29, 0.717) is 12.0 Å². The van der Waals surface area contributed by atoms with Crippen LogP contribution in [0.3, 0.4) is 0 Å². The highest BCUT2D eigenvalue weighted by molar-refractivity contribution is 4.83. The molecule has 0 radical (unpaired) electrons. The van der Waals surface area contributed by atoms with Gasteiger partial charge in [-0.2, -0.15) is 0 Å². The maximum atomic E-state index is 10.0. The molecule has 2 atom stereocenters. The van der Waals surface area contributed by atoms with Crippen LogP contribution in [0, 0.1) is 11.8 Å². The Morgan fingerprint density at radius 3 is 2.31 bits per heavy atom. The molecule has 0 aromatic rings. The van der Waals surface area contributed by atoms with Crippen molar-refractivity contribution >= 4 is 0 Å². The molecule has 2 aliphatic rings. The van der Waals surface area contributed by atoms with Crippen molar-refractivity contribution in [1.82, 2.24) is 4.90 Å². The molecule has 0 saturated heterocycles. The number of hydrogen-bond acceptors (Lipinski definition) is 2. The molecule has 2 nitrogen and oxygen atoms in total. The minimum Gasteiger partial charge on any atom is -0.393 e.